The molecule has 0 radical (unpaired) electrons. The fourth-order valence-corrected chi connectivity index (χ4v) is 2.72. The van der Waals surface area contributed by atoms with Gasteiger partial charge in [-0.25, -0.2) is 0 Å². The zero-order valence-electron chi connectivity index (χ0n) is 12.5. The first-order valence-electron chi connectivity index (χ1n) is 7.10. The summed E-state index contributed by atoms with van der Waals surface area (Å²) in [6.45, 7) is 1.30. The van der Waals surface area contributed by atoms with Gasteiger partial charge in [-0.05, 0) is 5.56 Å². The van der Waals surface area contributed by atoms with Crippen molar-refractivity contribution in [3.8, 4) is 0 Å². The van der Waals surface area contributed by atoms with E-state index in [0.29, 0.717) is 5.56 Å². The summed E-state index contributed by atoms with van der Waals surface area (Å²) < 4.78 is 3.60. The van der Waals surface area contributed by atoms with Crippen LogP contribution in [0.2, 0.25) is 0 Å². The van der Waals surface area contributed by atoms with E-state index in [1.165, 1.54) is 6.92 Å². The summed E-state index contributed by atoms with van der Waals surface area (Å²) >= 11 is 12.5. The van der Waals surface area contributed by atoms with Gasteiger partial charge < -0.3 is 4.74 Å². The molecule has 2 aromatic carbocycles. The highest BCUT2D eigenvalue weighted by molar-refractivity contribution is 6.59. The molecule has 1 unspecified atom stereocenters. The molecule has 2 rings (SSSR count). The largest absolute Gasteiger partial charge is 0.458 e. The molecule has 0 fully saturated rings. The molecule has 1 atom stereocenters. The van der Waals surface area contributed by atoms with Gasteiger partial charge in [0.15, 0.2) is 10.1 Å². The smallest absolute Gasteiger partial charge is 0.303 e. The molecule has 120 valence electrons. The van der Waals surface area contributed by atoms with Crippen LogP contribution < -0.4 is 0 Å². The Morgan fingerprint density at radius 3 is 2.04 bits per heavy atom. The van der Waals surface area contributed by atoms with E-state index in [0.717, 1.165) is 5.56 Å². The molecule has 0 heterocycles. The molecular formula is C18H16Cl2O3. The first kappa shape index (κ1) is 17.5. The summed E-state index contributed by atoms with van der Waals surface area (Å²) in [7, 11) is 0. The van der Waals surface area contributed by atoms with Crippen LogP contribution in [0.5, 0.6) is 0 Å². The monoisotopic (exact) mass is 350 g/mol. The van der Waals surface area contributed by atoms with Gasteiger partial charge in [-0.1, -0.05) is 83.9 Å². The maximum Gasteiger partial charge on any atom is 0.303 e. The van der Waals surface area contributed by atoms with Gasteiger partial charge in [-0.3, -0.25) is 9.59 Å². The molecule has 0 amide bonds. The number of ketones is 1. The fourth-order valence-electron chi connectivity index (χ4n) is 2.22. The van der Waals surface area contributed by atoms with E-state index in [-0.39, 0.29) is 6.42 Å². The standard InChI is InChI=1S/C18H16Cl2O3/c1-13(21)23-16(14-8-4-2-5-9-14)12-18(19,20)17(22)15-10-6-3-7-11-15/h2-11,16H,12H2,1H3. The minimum absolute atomic E-state index is 0.0343. The summed E-state index contributed by atoms with van der Waals surface area (Å²) in [6.07, 6.45) is -0.732. The van der Waals surface area contributed by atoms with E-state index >= 15 is 0 Å². The Morgan fingerprint density at radius 1 is 1.00 bits per heavy atom. The van der Waals surface area contributed by atoms with Gasteiger partial charge in [0.25, 0.3) is 0 Å². The summed E-state index contributed by atoms with van der Waals surface area (Å²) in [4.78, 5) is 23.9. The molecule has 0 aliphatic heterocycles. The van der Waals surface area contributed by atoms with E-state index in [1.807, 2.05) is 18.2 Å². The van der Waals surface area contributed by atoms with Gasteiger partial charge in [-0.2, -0.15) is 0 Å². The highest BCUT2D eigenvalue weighted by Crippen LogP contribution is 2.37. The lowest BCUT2D eigenvalue weighted by Crippen LogP contribution is -2.29. The van der Waals surface area contributed by atoms with E-state index in [4.69, 9.17) is 27.9 Å². The Labute approximate surface area is 145 Å². The number of carbonyl (C=O) groups is 2. The highest BCUT2D eigenvalue weighted by Gasteiger charge is 2.38. The Morgan fingerprint density at radius 2 is 1.52 bits per heavy atom. The lowest BCUT2D eigenvalue weighted by Gasteiger charge is -2.25. The van der Waals surface area contributed by atoms with Crippen LogP contribution in [0.25, 0.3) is 0 Å². The van der Waals surface area contributed by atoms with E-state index < -0.39 is 22.2 Å². The average Bonchev–Trinajstić information content (AvgIpc) is 2.54. The number of halogens is 2. The molecule has 0 saturated heterocycles. The van der Waals surface area contributed by atoms with Crippen molar-refractivity contribution in [2.24, 2.45) is 0 Å². The van der Waals surface area contributed by atoms with Crippen molar-refractivity contribution in [2.45, 2.75) is 23.8 Å². The van der Waals surface area contributed by atoms with Crippen LogP contribution in [0.15, 0.2) is 60.7 Å². The molecule has 0 N–H and O–H groups in total. The fraction of sp³-hybridized carbons (Fsp3) is 0.222. The number of esters is 1. The topological polar surface area (TPSA) is 43.4 Å². The molecule has 2 aromatic rings. The molecule has 3 nitrogen and oxygen atoms in total. The maximum atomic E-state index is 12.5. The first-order valence-corrected chi connectivity index (χ1v) is 7.85. The molecule has 0 bridgehead atoms. The molecular weight excluding hydrogens is 335 g/mol. The number of hydrogen-bond donors (Lipinski definition) is 0. The minimum Gasteiger partial charge on any atom is -0.458 e. The number of Topliss-reactive ketones (excluding diaryl/α,β-unsaturated/α-hetero) is 1. The zero-order chi connectivity index (χ0) is 16.9. The highest BCUT2D eigenvalue weighted by atomic mass is 35.5. The van der Waals surface area contributed by atoms with Crippen molar-refractivity contribution in [2.75, 3.05) is 0 Å². The Bertz CT molecular complexity index is 669. The quantitative estimate of drug-likeness (QED) is 0.429. The molecule has 0 spiro atoms. The maximum absolute atomic E-state index is 12.5. The van der Waals surface area contributed by atoms with Crippen LogP contribution in [0.4, 0.5) is 0 Å². The van der Waals surface area contributed by atoms with E-state index in [2.05, 4.69) is 0 Å². The van der Waals surface area contributed by atoms with Gasteiger partial charge in [0, 0.05) is 18.9 Å². The van der Waals surface area contributed by atoms with Crippen LogP contribution >= 0.6 is 23.2 Å². The summed E-state index contributed by atoms with van der Waals surface area (Å²) in [5.41, 5.74) is 1.14. The number of rotatable bonds is 6. The van der Waals surface area contributed by atoms with Crippen LogP contribution in [-0.2, 0) is 9.53 Å². The number of benzene rings is 2. The Balaban J connectivity index is 2.24. The van der Waals surface area contributed by atoms with E-state index in [1.54, 1.807) is 42.5 Å². The third-order valence-electron chi connectivity index (χ3n) is 3.29. The van der Waals surface area contributed by atoms with Gasteiger partial charge >= 0.3 is 5.97 Å². The third kappa shape index (κ3) is 4.81. The molecule has 23 heavy (non-hydrogen) atoms. The molecule has 0 aliphatic carbocycles. The lowest BCUT2D eigenvalue weighted by molar-refractivity contribution is -0.147. The lowest BCUT2D eigenvalue weighted by atomic mass is 9.99. The SMILES string of the molecule is CC(=O)OC(CC(Cl)(Cl)C(=O)c1ccccc1)c1ccccc1. The van der Waals surface area contributed by atoms with Gasteiger partial charge in [0.05, 0.1) is 0 Å². The first-order chi connectivity index (χ1) is 10.9. The van der Waals surface area contributed by atoms with Crippen LogP contribution in [0, 0.1) is 0 Å². The number of ether oxygens (including phenoxy) is 1. The number of hydrogen-bond acceptors (Lipinski definition) is 3. The van der Waals surface area contributed by atoms with Crippen molar-refractivity contribution >= 4 is 35.0 Å². The van der Waals surface area contributed by atoms with Crippen LogP contribution in [0.3, 0.4) is 0 Å². The van der Waals surface area contributed by atoms with Crippen molar-refractivity contribution < 1.29 is 14.3 Å². The molecule has 0 aliphatic rings. The van der Waals surface area contributed by atoms with Crippen molar-refractivity contribution in [3.63, 3.8) is 0 Å². The second kappa shape index (κ2) is 7.62. The predicted molar refractivity (Wildman–Crippen MR) is 90.8 cm³/mol. The van der Waals surface area contributed by atoms with Crippen molar-refractivity contribution in [3.05, 3.63) is 71.8 Å². The summed E-state index contributed by atoms with van der Waals surface area (Å²) in [5.74, 6) is -0.885. The van der Waals surface area contributed by atoms with Crippen LogP contribution in [-0.4, -0.2) is 16.1 Å². The second-order valence-corrected chi connectivity index (χ2v) is 6.60. The Kier molecular flexibility index (Phi) is 5.80. The molecule has 0 saturated carbocycles. The predicted octanol–water partition coefficient (Wildman–Crippen LogP) is 4.74. The zero-order valence-corrected chi connectivity index (χ0v) is 14.1. The van der Waals surface area contributed by atoms with E-state index in [9.17, 15) is 9.59 Å². The summed E-state index contributed by atoms with van der Waals surface area (Å²) in [5, 5.41) is 0. The number of carbonyl (C=O) groups excluding carboxylic acids is 2. The molecule has 5 heteroatoms. The van der Waals surface area contributed by atoms with Gasteiger partial charge in [0.2, 0.25) is 0 Å². The van der Waals surface area contributed by atoms with Gasteiger partial charge in [0.1, 0.15) is 6.10 Å². The van der Waals surface area contributed by atoms with Crippen molar-refractivity contribution in [1.29, 1.82) is 0 Å². The Hall–Kier alpha value is -1.84. The van der Waals surface area contributed by atoms with Crippen molar-refractivity contribution in [1.82, 2.24) is 0 Å². The minimum atomic E-state index is -1.70. The second-order valence-electron chi connectivity index (χ2n) is 5.11. The third-order valence-corrected chi connectivity index (χ3v) is 3.94. The normalized spacial score (nSPS) is 12.5. The van der Waals surface area contributed by atoms with Gasteiger partial charge in [-0.15, -0.1) is 0 Å². The van der Waals surface area contributed by atoms with Crippen LogP contribution in [0.1, 0.15) is 35.4 Å². The summed E-state index contributed by atoms with van der Waals surface area (Å²) in [6, 6.07) is 17.6. The average molecular weight is 351 g/mol. The number of alkyl halides is 2. The molecule has 0 aromatic heterocycles.